The fourth-order valence-electron chi connectivity index (χ4n) is 3.32. The second kappa shape index (κ2) is 6.26. The van der Waals surface area contributed by atoms with Crippen molar-refractivity contribution in [2.45, 2.75) is 31.2 Å². The van der Waals surface area contributed by atoms with Crippen molar-refractivity contribution in [2.24, 2.45) is 0 Å². The first-order chi connectivity index (χ1) is 10.3. The summed E-state index contributed by atoms with van der Waals surface area (Å²) in [6, 6.07) is 8.80. The van der Waals surface area contributed by atoms with Crippen LogP contribution in [0.3, 0.4) is 0 Å². The van der Waals surface area contributed by atoms with E-state index in [0.29, 0.717) is 12.5 Å². The van der Waals surface area contributed by atoms with Gasteiger partial charge in [0.25, 0.3) is 0 Å². The van der Waals surface area contributed by atoms with E-state index in [2.05, 4.69) is 46.9 Å². The third-order valence-corrected chi connectivity index (χ3v) is 5.37. The van der Waals surface area contributed by atoms with Gasteiger partial charge in [-0.1, -0.05) is 31.2 Å². The molecule has 0 aliphatic heterocycles. The number of fused-ring (bicyclic) bond motifs is 1. The normalized spacial score (nSPS) is 24.8. The highest BCUT2D eigenvalue weighted by Crippen LogP contribution is 2.45. The largest absolute Gasteiger partial charge is 0.383 e. The van der Waals surface area contributed by atoms with Crippen LogP contribution >= 0.6 is 11.3 Å². The number of hydrogen-bond donors (Lipinski definition) is 1. The lowest BCUT2D eigenvalue weighted by Crippen LogP contribution is -2.47. The van der Waals surface area contributed by atoms with Crippen LogP contribution in [0.4, 0.5) is 0 Å². The number of thiazole rings is 1. The van der Waals surface area contributed by atoms with Gasteiger partial charge >= 0.3 is 0 Å². The summed E-state index contributed by atoms with van der Waals surface area (Å²) in [5.41, 5.74) is 2.68. The van der Waals surface area contributed by atoms with Crippen LogP contribution in [0.25, 0.3) is 0 Å². The van der Waals surface area contributed by atoms with E-state index in [4.69, 9.17) is 4.74 Å². The molecule has 0 radical (unpaired) electrons. The van der Waals surface area contributed by atoms with Gasteiger partial charge in [0.1, 0.15) is 5.01 Å². The molecule has 0 amide bonds. The molecule has 1 aromatic heterocycles. The molecule has 1 N–H and O–H groups in total. The monoisotopic (exact) mass is 302 g/mol. The zero-order chi connectivity index (χ0) is 14.7. The van der Waals surface area contributed by atoms with Crippen molar-refractivity contribution >= 4 is 11.3 Å². The molecule has 0 fully saturated rings. The predicted octanol–water partition coefficient (Wildman–Crippen LogP) is 3.52. The topological polar surface area (TPSA) is 34.1 Å². The number of benzene rings is 1. The van der Waals surface area contributed by atoms with Crippen molar-refractivity contribution in [3.63, 3.8) is 0 Å². The highest BCUT2D eigenvalue weighted by molar-refractivity contribution is 7.09. The molecule has 21 heavy (non-hydrogen) atoms. The Labute approximate surface area is 130 Å². The highest BCUT2D eigenvalue weighted by Gasteiger charge is 2.41. The van der Waals surface area contributed by atoms with Gasteiger partial charge in [-0.05, 0) is 29.9 Å². The van der Waals surface area contributed by atoms with Crippen LogP contribution in [0.1, 0.15) is 41.8 Å². The molecular weight excluding hydrogens is 280 g/mol. The van der Waals surface area contributed by atoms with Gasteiger partial charge in [-0.3, -0.25) is 5.32 Å². The molecule has 2 atom stereocenters. The SMILES string of the molecule is COCCNC1(c2nccs2)CCC(C)c2ccccc21. The smallest absolute Gasteiger partial charge is 0.117 e. The van der Waals surface area contributed by atoms with Crippen molar-refractivity contribution < 1.29 is 4.74 Å². The number of rotatable bonds is 5. The van der Waals surface area contributed by atoms with Gasteiger partial charge in [0.15, 0.2) is 0 Å². The van der Waals surface area contributed by atoms with Crippen LogP contribution in [0.2, 0.25) is 0 Å². The molecule has 0 bridgehead atoms. The van der Waals surface area contributed by atoms with Gasteiger partial charge in [-0.25, -0.2) is 4.98 Å². The Balaban J connectivity index is 2.06. The molecule has 3 nitrogen and oxygen atoms in total. The van der Waals surface area contributed by atoms with Gasteiger partial charge in [0.2, 0.25) is 0 Å². The van der Waals surface area contributed by atoms with E-state index in [1.165, 1.54) is 17.5 Å². The number of nitrogens with zero attached hydrogens (tertiary/aromatic N) is 1. The van der Waals surface area contributed by atoms with Crippen LogP contribution in [-0.4, -0.2) is 25.2 Å². The first-order valence-corrected chi connectivity index (χ1v) is 8.39. The molecule has 0 saturated heterocycles. The summed E-state index contributed by atoms with van der Waals surface area (Å²) in [6.07, 6.45) is 4.17. The minimum Gasteiger partial charge on any atom is -0.383 e. The van der Waals surface area contributed by atoms with Crippen LogP contribution in [0, 0.1) is 0 Å². The number of nitrogens with one attached hydrogen (secondary N) is 1. The second-order valence-corrected chi connectivity index (χ2v) is 6.58. The van der Waals surface area contributed by atoms with Crippen molar-refractivity contribution in [3.8, 4) is 0 Å². The number of methoxy groups -OCH3 is 1. The maximum atomic E-state index is 5.22. The number of ether oxygens (including phenoxy) is 1. The van der Waals surface area contributed by atoms with E-state index < -0.39 is 0 Å². The average molecular weight is 302 g/mol. The zero-order valence-electron chi connectivity index (χ0n) is 12.6. The van der Waals surface area contributed by atoms with E-state index in [1.807, 2.05) is 6.20 Å². The molecule has 0 saturated carbocycles. The Kier molecular flexibility index (Phi) is 4.38. The number of aromatic nitrogens is 1. The molecule has 2 aromatic rings. The van der Waals surface area contributed by atoms with Crippen molar-refractivity contribution in [2.75, 3.05) is 20.3 Å². The van der Waals surface area contributed by atoms with Gasteiger partial charge in [-0.2, -0.15) is 0 Å². The molecule has 1 aromatic carbocycles. The molecule has 2 unspecified atom stereocenters. The van der Waals surface area contributed by atoms with Crippen LogP contribution in [0.15, 0.2) is 35.8 Å². The van der Waals surface area contributed by atoms with Crippen molar-refractivity contribution in [1.29, 1.82) is 0 Å². The average Bonchev–Trinajstić information content (AvgIpc) is 3.05. The first kappa shape index (κ1) is 14.7. The highest BCUT2D eigenvalue weighted by atomic mass is 32.1. The quantitative estimate of drug-likeness (QED) is 0.858. The Morgan fingerprint density at radius 1 is 1.43 bits per heavy atom. The maximum Gasteiger partial charge on any atom is 0.117 e. The summed E-state index contributed by atoms with van der Waals surface area (Å²) in [6.45, 7) is 3.86. The minimum absolute atomic E-state index is 0.157. The van der Waals surface area contributed by atoms with Crippen LogP contribution in [0.5, 0.6) is 0 Å². The van der Waals surface area contributed by atoms with Crippen LogP contribution in [-0.2, 0) is 10.3 Å². The Hall–Kier alpha value is -1.23. The van der Waals surface area contributed by atoms with E-state index in [1.54, 1.807) is 18.4 Å². The minimum atomic E-state index is -0.157. The molecule has 1 aliphatic carbocycles. The van der Waals surface area contributed by atoms with Gasteiger partial charge in [-0.15, -0.1) is 11.3 Å². The Bertz CT molecular complexity index is 584. The van der Waals surface area contributed by atoms with Gasteiger partial charge < -0.3 is 4.74 Å². The lowest BCUT2D eigenvalue weighted by Gasteiger charge is -2.41. The summed E-state index contributed by atoms with van der Waals surface area (Å²) in [5.74, 6) is 0.610. The Morgan fingerprint density at radius 2 is 2.29 bits per heavy atom. The zero-order valence-corrected chi connectivity index (χ0v) is 13.5. The summed E-state index contributed by atoms with van der Waals surface area (Å²) >= 11 is 1.74. The van der Waals surface area contributed by atoms with Gasteiger partial charge in [0, 0.05) is 25.2 Å². The first-order valence-electron chi connectivity index (χ1n) is 7.51. The van der Waals surface area contributed by atoms with E-state index >= 15 is 0 Å². The van der Waals surface area contributed by atoms with Gasteiger partial charge in [0.05, 0.1) is 12.1 Å². The fourth-order valence-corrected chi connectivity index (χ4v) is 4.18. The van der Waals surface area contributed by atoms with E-state index in [0.717, 1.165) is 18.0 Å². The summed E-state index contributed by atoms with van der Waals surface area (Å²) in [7, 11) is 1.74. The Morgan fingerprint density at radius 3 is 3.05 bits per heavy atom. The molecular formula is C17H22N2OS. The second-order valence-electron chi connectivity index (χ2n) is 5.69. The third-order valence-electron chi connectivity index (χ3n) is 4.43. The molecule has 1 aliphatic rings. The molecule has 0 spiro atoms. The maximum absolute atomic E-state index is 5.22. The van der Waals surface area contributed by atoms with Crippen molar-refractivity contribution in [1.82, 2.24) is 10.3 Å². The lowest BCUT2D eigenvalue weighted by atomic mass is 9.72. The van der Waals surface area contributed by atoms with E-state index in [9.17, 15) is 0 Å². The molecule has 112 valence electrons. The number of hydrogen-bond acceptors (Lipinski definition) is 4. The molecule has 4 heteroatoms. The molecule has 3 rings (SSSR count). The summed E-state index contributed by atoms with van der Waals surface area (Å²) in [4.78, 5) is 4.63. The van der Waals surface area contributed by atoms with Crippen LogP contribution < -0.4 is 5.32 Å². The summed E-state index contributed by atoms with van der Waals surface area (Å²) < 4.78 is 5.22. The lowest BCUT2D eigenvalue weighted by molar-refractivity contribution is 0.184. The standard InChI is InChI=1S/C17H22N2OS/c1-13-7-8-17(19-9-11-20-2,16-18-10-12-21-16)15-6-4-3-5-14(13)15/h3-6,10,12-13,19H,7-9,11H2,1-2H3. The summed E-state index contributed by atoms with van der Waals surface area (Å²) in [5, 5.41) is 6.97. The third kappa shape index (κ3) is 2.63. The molecule has 1 heterocycles. The fraction of sp³-hybridized carbons (Fsp3) is 0.471. The van der Waals surface area contributed by atoms with E-state index in [-0.39, 0.29) is 5.54 Å². The predicted molar refractivity (Wildman–Crippen MR) is 86.9 cm³/mol. The van der Waals surface area contributed by atoms with Crippen molar-refractivity contribution in [3.05, 3.63) is 52.0 Å².